The summed E-state index contributed by atoms with van der Waals surface area (Å²) in [5.41, 5.74) is 3.25. The lowest BCUT2D eigenvalue weighted by molar-refractivity contribution is 0.101. The SMILES string of the molecule is CC(=O)c1ccc2c(c1)CC=C2Br. The Balaban J connectivity index is 2.49. The minimum Gasteiger partial charge on any atom is -0.295 e. The average molecular weight is 237 g/mol. The van der Waals surface area contributed by atoms with Gasteiger partial charge in [0.15, 0.2) is 5.78 Å². The quantitative estimate of drug-likeness (QED) is 0.685. The molecule has 2 rings (SSSR count). The van der Waals surface area contributed by atoms with E-state index in [0.717, 1.165) is 16.5 Å². The van der Waals surface area contributed by atoms with E-state index in [4.69, 9.17) is 0 Å². The number of halogens is 1. The Morgan fingerprint density at radius 2 is 2.23 bits per heavy atom. The van der Waals surface area contributed by atoms with E-state index < -0.39 is 0 Å². The molecule has 13 heavy (non-hydrogen) atoms. The minimum absolute atomic E-state index is 0.130. The lowest BCUT2D eigenvalue weighted by Gasteiger charge is -2.02. The Hall–Kier alpha value is -0.890. The first kappa shape index (κ1) is 8.70. The number of fused-ring (bicyclic) bond motifs is 1. The Morgan fingerprint density at radius 1 is 1.46 bits per heavy atom. The molecule has 1 aromatic rings. The monoisotopic (exact) mass is 236 g/mol. The highest BCUT2D eigenvalue weighted by Gasteiger charge is 2.12. The molecule has 0 radical (unpaired) electrons. The number of benzene rings is 1. The summed E-state index contributed by atoms with van der Waals surface area (Å²) in [5.74, 6) is 0.130. The molecule has 66 valence electrons. The van der Waals surface area contributed by atoms with Crippen LogP contribution in [0.25, 0.3) is 4.48 Å². The second kappa shape index (κ2) is 3.11. The molecule has 0 unspecified atom stereocenters. The number of carbonyl (C=O) groups excluding carboxylic acids is 1. The summed E-state index contributed by atoms with van der Waals surface area (Å²) in [7, 11) is 0. The zero-order valence-electron chi connectivity index (χ0n) is 7.30. The first-order valence-corrected chi connectivity index (χ1v) is 4.97. The van der Waals surface area contributed by atoms with Crippen molar-refractivity contribution in [2.24, 2.45) is 0 Å². The van der Waals surface area contributed by atoms with Crippen molar-refractivity contribution in [3.63, 3.8) is 0 Å². The molecule has 0 bridgehead atoms. The van der Waals surface area contributed by atoms with Gasteiger partial charge in [0.25, 0.3) is 0 Å². The van der Waals surface area contributed by atoms with Gasteiger partial charge < -0.3 is 0 Å². The Kier molecular flexibility index (Phi) is 2.08. The number of hydrogen-bond acceptors (Lipinski definition) is 1. The maximum atomic E-state index is 11.1. The molecule has 1 aliphatic carbocycles. The van der Waals surface area contributed by atoms with Crippen LogP contribution in [0.15, 0.2) is 24.3 Å². The van der Waals surface area contributed by atoms with Crippen LogP contribution in [0, 0.1) is 0 Å². The van der Waals surface area contributed by atoms with Crippen molar-refractivity contribution < 1.29 is 4.79 Å². The highest BCUT2D eigenvalue weighted by molar-refractivity contribution is 9.15. The van der Waals surface area contributed by atoms with Crippen LogP contribution >= 0.6 is 15.9 Å². The van der Waals surface area contributed by atoms with Gasteiger partial charge in [0.2, 0.25) is 0 Å². The first-order valence-electron chi connectivity index (χ1n) is 4.18. The lowest BCUT2D eigenvalue weighted by Crippen LogP contribution is -1.94. The van der Waals surface area contributed by atoms with Gasteiger partial charge in [0.05, 0.1) is 0 Å². The fourth-order valence-electron chi connectivity index (χ4n) is 1.52. The number of ketones is 1. The third-order valence-electron chi connectivity index (χ3n) is 2.27. The van der Waals surface area contributed by atoms with E-state index in [1.165, 1.54) is 11.1 Å². The molecule has 2 heteroatoms. The van der Waals surface area contributed by atoms with Gasteiger partial charge in [-0.25, -0.2) is 0 Å². The van der Waals surface area contributed by atoms with Gasteiger partial charge in [-0.1, -0.05) is 34.1 Å². The second-order valence-electron chi connectivity index (χ2n) is 3.18. The largest absolute Gasteiger partial charge is 0.295 e. The van der Waals surface area contributed by atoms with E-state index in [2.05, 4.69) is 22.0 Å². The lowest BCUT2D eigenvalue weighted by atomic mass is 10.0. The van der Waals surface area contributed by atoms with Crippen LogP contribution < -0.4 is 0 Å². The van der Waals surface area contributed by atoms with Gasteiger partial charge in [0.1, 0.15) is 0 Å². The van der Waals surface area contributed by atoms with Gasteiger partial charge in [-0.05, 0) is 30.5 Å². The van der Waals surface area contributed by atoms with E-state index in [9.17, 15) is 4.79 Å². The topological polar surface area (TPSA) is 17.1 Å². The number of Topliss-reactive ketones (excluding diaryl/α,β-unsaturated/α-hetero) is 1. The molecule has 0 aromatic heterocycles. The molecule has 0 atom stereocenters. The van der Waals surface area contributed by atoms with Crippen LogP contribution in [0.1, 0.15) is 28.4 Å². The molecular weight excluding hydrogens is 228 g/mol. The van der Waals surface area contributed by atoms with Crippen LogP contribution in [0.2, 0.25) is 0 Å². The number of carbonyl (C=O) groups is 1. The molecule has 0 amide bonds. The van der Waals surface area contributed by atoms with Gasteiger partial charge in [-0.15, -0.1) is 0 Å². The van der Waals surface area contributed by atoms with Gasteiger partial charge >= 0.3 is 0 Å². The van der Waals surface area contributed by atoms with E-state index >= 15 is 0 Å². The number of hydrogen-bond donors (Lipinski definition) is 0. The van der Waals surface area contributed by atoms with Crippen LogP contribution in [-0.4, -0.2) is 5.78 Å². The first-order chi connectivity index (χ1) is 6.18. The fraction of sp³-hybridized carbons (Fsp3) is 0.182. The molecule has 0 N–H and O–H groups in total. The second-order valence-corrected chi connectivity index (χ2v) is 4.04. The van der Waals surface area contributed by atoms with Crippen LogP contribution in [0.3, 0.4) is 0 Å². The summed E-state index contributed by atoms with van der Waals surface area (Å²) >= 11 is 3.47. The molecular formula is C11H9BrO. The fourth-order valence-corrected chi connectivity index (χ4v) is 2.07. The molecule has 1 nitrogen and oxygen atoms in total. The summed E-state index contributed by atoms with van der Waals surface area (Å²) in [6.07, 6.45) is 3.05. The van der Waals surface area contributed by atoms with Crippen molar-refractivity contribution in [1.82, 2.24) is 0 Å². The zero-order chi connectivity index (χ0) is 9.42. The third-order valence-corrected chi connectivity index (χ3v) is 3.02. The van der Waals surface area contributed by atoms with Gasteiger partial charge in [-0.3, -0.25) is 4.79 Å². The summed E-state index contributed by atoms with van der Waals surface area (Å²) in [6, 6.07) is 5.85. The molecule has 1 aromatic carbocycles. The van der Waals surface area contributed by atoms with E-state index in [1.54, 1.807) is 6.92 Å². The molecule has 0 fully saturated rings. The maximum Gasteiger partial charge on any atom is 0.159 e. The summed E-state index contributed by atoms with van der Waals surface area (Å²) in [5, 5.41) is 0. The predicted molar refractivity (Wildman–Crippen MR) is 57.1 cm³/mol. The Bertz CT molecular complexity index is 405. The minimum atomic E-state index is 0.130. The molecule has 0 spiro atoms. The van der Waals surface area contributed by atoms with Crippen LogP contribution in [0.5, 0.6) is 0 Å². The average Bonchev–Trinajstić information content (AvgIpc) is 2.47. The van der Waals surface area contributed by atoms with Crippen LogP contribution in [0.4, 0.5) is 0 Å². The van der Waals surface area contributed by atoms with E-state index in [0.29, 0.717) is 0 Å². The normalized spacial score (nSPS) is 13.8. The van der Waals surface area contributed by atoms with E-state index in [1.807, 2.05) is 18.2 Å². The van der Waals surface area contributed by atoms with Crippen LogP contribution in [-0.2, 0) is 6.42 Å². The van der Waals surface area contributed by atoms with Crippen molar-refractivity contribution in [3.05, 3.63) is 41.0 Å². The summed E-state index contributed by atoms with van der Waals surface area (Å²) in [6.45, 7) is 1.60. The Morgan fingerprint density at radius 3 is 2.92 bits per heavy atom. The predicted octanol–water partition coefficient (Wildman–Crippen LogP) is 3.18. The molecule has 0 aliphatic heterocycles. The molecule has 0 saturated heterocycles. The van der Waals surface area contributed by atoms with Crippen molar-refractivity contribution in [1.29, 1.82) is 0 Å². The Labute approximate surface area is 85.6 Å². The standard InChI is InChI=1S/C11H9BrO/c1-7(13)8-2-4-10-9(6-8)3-5-11(10)12/h2,4-6H,3H2,1H3. The smallest absolute Gasteiger partial charge is 0.159 e. The highest BCUT2D eigenvalue weighted by Crippen LogP contribution is 2.32. The van der Waals surface area contributed by atoms with Crippen molar-refractivity contribution in [2.45, 2.75) is 13.3 Å². The van der Waals surface area contributed by atoms with E-state index in [-0.39, 0.29) is 5.78 Å². The molecule has 1 aliphatic rings. The van der Waals surface area contributed by atoms with Gasteiger partial charge in [0, 0.05) is 10.0 Å². The highest BCUT2D eigenvalue weighted by atomic mass is 79.9. The molecule has 0 heterocycles. The maximum absolute atomic E-state index is 11.1. The summed E-state index contributed by atoms with van der Waals surface area (Å²) in [4.78, 5) is 11.1. The number of allylic oxidation sites excluding steroid dienone is 1. The van der Waals surface area contributed by atoms with Crippen molar-refractivity contribution >= 4 is 26.2 Å². The third kappa shape index (κ3) is 1.46. The van der Waals surface area contributed by atoms with Crippen molar-refractivity contribution in [3.8, 4) is 0 Å². The molecule has 0 saturated carbocycles. The zero-order valence-corrected chi connectivity index (χ0v) is 8.89. The summed E-state index contributed by atoms with van der Waals surface area (Å²) < 4.78 is 1.14. The van der Waals surface area contributed by atoms with Crippen molar-refractivity contribution in [2.75, 3.05) is 0 Å². The number of rotatable bonds is 1. The van der Waals surface area contributed by atoms with Gasteiger partial charge in [-0.2, -0.15) is 0 Å².